The number of rotatable bonds is 1. The van der Waals surface area contributed by atoms with Crippen molar-refractivity contribution in [1.29, 1.82) is 0 Å². The first kappa shape index (κ1) is 4.76. The van der Waals surface area contributed by atoms with E-state index in [1.807, 2.05) is 0 Å². The van der Waals surface area contributed by atoms with Gasteiger partial charge in [-0.2, -0.15) is 0 Å². The average Bonchev–Trinajstić information content (AvgIpc) is 1.38. The molecule has 0 saturated heterocycles. The second-order valence-electron chi connectivity index (χ2n) is 0.576. The Bertz CT molecular complexity index is 42.2. The zero-order chi connectivity index (χ0) is 4.28. The summed E-state index contributed by atoms with van der Waals surface area (Å²) in [6.07, 6.45) is 0. The first-order valence-corrected chi connectivity index (χ1v) is 1.58. The van der Waals surface area contributed by atoms with Crippen LogP contribution in [0.4, 0.5) is 0 Å². The van der Waals surface area contributed by atoms with Crippen LogP contribution in [-0.4, -0.2) is 7.11 Å². The number of hydrogen-bond acceptors (Lipinski definition) is 2. The van der Waals surface area contributed by atoms with Gasteiger partial charge in [0, 0.05) is 0 Å². The van der Waals surface area contributed by atoms with Crippen LogP contribution in [-0.2, 0) is 17.4 Å². The van der Waals surface area contributed by atoms with Gasteiger partial charge in [0.05, 0.1) is 7.11 Å². The molecular formula is C3H5OS-. The van der Waals surface area contributed by atoms with Crippen LogP contribution in [0.15, 0.2) is 11.7 Å². The Hall–Kier alpha value is -0.240. The molecule has 0 atom stereocenters. The molecule has 0 rings (SSSR count). The molecule has 0 aliphatic carbocycles. The van der Waals surface area contributed by atoms with E-state index in [4.69, 9.17) is 0 Å². The minimum Gasteiger partial charge on any atom is -0.743 e. The lowest BCUT2D eigenvalue weighted by atomic mass is 11.1. The summed E-state index contributed by atoms with van der Waals surface area (Å²) in [5, 5.41) is 0.338. The summed E-state index contributed by atoms with van der Waals surface area (Å²) in [4.78, 5) is 0. The Labute approximate surface area is 37.0 Å². The molecule has 1 nitrogen and oxygen atoms in total. The predicted molar refractivity (Wildman–Crippen MR) is 23.5 cm³/mol. The van der Waals surface area contributed by atoms with Crippen molar-refractivity contribution in [3.8, 4) is 0 Å². The number of methoxy groups -OCH3 is 1. The van der Waals surface area contributed by atoms with Gasteiger partial charge >= 0.3 is 0 Å². The highest BCUT2D eigenvalue weighted by atomic mass is 32.1. The van der Waals surface area contributed by atoms with Crippen molar-refractivity contribution in [1.82, 2.24) is 0 Å². The lowest BCUT2D eigenvalue weighted by Gasteiger charge is -2.03. The highest BCUT2D eigenvalue weighted by Crippen LogP contribution is 1.78. The van der Waals surface area contributed by atoms with Crippen LogP contribution in [0.3, 0.4) is 0 Å². The van der Waals surface area contributed by atoms with Crippen molar-refractivity contribution in [3.05, 3.63) is 11.7 Å². The fourth-order valence-corrected chi connectivity index (χ4v) is 0. The van der Waals surface area contributed by atoms with Gasteiger partial charge in [-0.3, -0.25) is 0 Å². The Morgan fingerprint density at radius 1 is 2.00 bits per heavy atom. The van der Waals surface area contributed by atoms with E-state index in [-0.39, 0.29) is 0 Å². The first-order chi connectivity index (χ1) is 2.27. The largest absolute Gasteiger partial charge is 0.743 e. The fraction of sp³-hybridized carbons (Fsp3) is 0.333. The maximum absolute atomic E-state index is 4.37. The molecule has 0 aromatic rings. The van der Waals surface area contributed by atoms with Crippen molar-refractivity contribution in [3.63, 3.8) is 0 Å². The van der Waals surface area contributed by atoms with Gasteiger partial charge in [0.25, 0.3) is 0 Å². The van der Waals surface area contributed by atoms with Gasteiger partial charge in [0.2, 0.25) is 0 Å². The highest BCUT2D eigenvalue weighted by Gasteiger charge is 1.49. The summed E-state index contributed by atoms with van der Waals surface area (Å²) in [6.45, 7) is 3.27. The molecule has 0 unspecified atom stereocenters. The Kier molecular flexibility index (Phi) is 1.93. The number of hydrogen-bond donors (Lipinski definition) is 0. The molecule has 0 aromatic heterocycles. The van der Waals surface area contributed by atoms with Crippen molar-refractivity contribution < 1.29 is 4.74 Å². The maximum Gasteiger partial charge on any atom is 0.0743 e. The normalized spacial score (nSPS) is 6.60. The van der Waals surface area contributed by atoms with Crippen LogP contribution < -0.4 is 0 Å². The van der Waals surface area contributed by atoms with E-state index < -0.39 is 0 Å². The van der Waals surface area contributed by atoms with Gasteiger partial charge in [-0.25, -0.2) is 0 Å². The average molecular weight is 89.1 g/mol. The molecule has 5 heavy (non-hydrogen) atoms. The fourth-order valence-electron chi connectivity index (χ4n) is 0. The second kappa shape index (κ2) is 2.03. The topological polar surface area (TPSA) is 9.23 Å². The molecule has 0 bridgehead atoms. The monoisotopic (exact) mass is 89.0 g/mol. The number of ether oxygens (including phenoxy) is 1. The summed E-state index contributed by atoms with van der Waals surface area (Å²) in [5.41, 5.74) is 0. The summed E-state index contributed by atoms with van der Waals surface area (Å²) in [5.74, 6) is 0. The smallest absolute Gasteiger partial charge is 0.0743 e. The van der Waals surface area contributed by atoms with Gasteiger partial charge in [-0.15, -0.1) is 0 Å². The van der Waals surface area contributed by atoms with Crippen LogP contribution >= 0.6 is 0 Å². The first-order valence-electron chi connectivity index (χ1n) is 1.17. The second-order valence-corrected chi connectivity index (χ2v) is 1.03. The van der Waals surface area contributed by atoms with E-state index in [0.29, 0.717) is 5.09 Å². The molecule has 0 aliphatic heterocycles. The molecule has 0 amide bonds. The van der Waals surface area contributed by atoms with E-state index >= 15 is 0 Å². The van der Waals surface area contributed by atoms with E-state index in [1.54, 1.807) is 0 Å². The molecule has 30 valence electrons. The highest BCUT2D eigenvalue weighted by molar-refractivity contribution is 7.63. The molecule has 0 fully saturated rings. The predicted octanol–water partition coefficient (Wildman–Crippen LogP) is 0.651. The van der Waals surface area contributed by atoms with E-state index in [9.17, 15) is 0 Å². The Morgan fingerprint density at radius 3 is 2.20 bits per heavy atom. The van der Waals surface area contributed by atoms with Crippen molar-refractivity contribution >= 4 is 12.6 Å². The molecular weight excluding hydrogens is 84.1 g/mol. The lowest BCUT2D eigenvalue weighted by molar-refractivity contribution is 0.327. The van der Waals surface area contributed by atoms with Crippen LogP contribution in [0.1, 0.15) is 0 Å². The maximum atomic E-state index is 4.37. The summed E-state index contributed by atoms with van der Waals surface area (Å²) in [7, 11) is 1.50. The summed E-state index contributed by atoms with van der Waals surface area (Å²) >= 11 is 4.36. The van der Waals surface area contributed by atoms with Crippen molar-refractivity contribution in [2.24, 2.45) is 0 Å². The standard InChI is InChI=1S/C3H6OS/c1-3(5)4-2/h5H,1H2,2H3/p-1. The molecule has 0 heterocycles. The third-order valence-electron chi connectivity index (χ3n) is 0.228. The van der Waals surface area contributed by atoms with Gasteiger partial charge in [0.15, 0.2) is 0 Å². The van der Waals surface area contributed by atoms with Gasteiger partial charge < -0.3 is 17.4 Å². The minimum absolute atomic E-state index is 0.338. The molecule has 2 heteroatoms. The minimum atomic E-state index is 0.338. The van der Waals surface area contributed by atoms with E-state index in [2.05, 4.69) is 23.9 Å². The van der Waals surface area contributed by atoms with Crippen LogP contribution in [0.5, 0.6) is 0 Å². The van der Waals surface area contributed by atoms with Crippen LogP contribution in [0.25, 0.3) is 0 Å². The SMILES string of the molecule is C=C([S-])OC. The molecule has 0 saturated carbocycles. The van der Waals surface area contributed by atoms with Gasteiger partial charge in [0.1, 0.15) is 0 Å². The van der Waals surface area contributed by atoms with Crippen LogP contribution in [0.2, 0.25) is 0 Å². The van der Waals surface area contributed by atoms with Crippen molar-refractivity contribution in [2.75, 3.05) is 7.11 Å². The molecule has 0 radical (unpaired) electrons. The zero-order valence-corrected chi connectivity index (χ0v) is 3.84. The molecule has 0 aliphatic rings. The Balaban J connectivity index is 2.85. The molecule has 0 spiro atoms. The van der Waals surface area contributed by atoms with Gasteiger partial charge in [-0.1, -0.05) is 6.58 Å². The van der Waals surface area contributed by atoms with Crippen LogP contribution in [0, 0.1) is 0 Å². The van der Waals surface area contributed by atoms with Crippen molar-refractivity contribution in [2.45, 2.75) is 0 Å². The molecule has 0 N–H and O–H groups in total. The summed E-state index contributed by atoms with van der Waals surface area (Å²) < 4.78 is 4.37. The van der Waals surface area contributed by atoms with E-state index in [1.165, 1.54) is 7.11 Å². The molecule has 0 aromatic carbocycles. The van der Waals surface area contributed by atoms with Gasteiger partial charge in [-0.05, 0) is 5.09 Å². The zero-order valence-electron chi connectivity index (χ0n) is 3.02. The quantitative estimate of drug-likeness (QED) is 0.344. The third kappa shape index (κ3) is 3.76. The Morgan fingerprint density at radius 2 is 2.20 bits per heavy atom. The lowest BCUT2D eigenvalue weighted by Crippen LogP contribution is -1.71. The summed E-state index contributed by atoms with van der Waals surface area (Å²) in [6, 6.07) is 0. The third-order valence-corrected chi connectivity index (χ3v) is 0.394. The van der Waals surface area contributed by atoms with E-state index in [0.717, 1.165) is 0 Å².